The summed E-state index contributed by atoms with van der Waals surface area (Å²) in [6, 6.07) is 0. The second-order valence-corrected chi connectivity index (χ2v) is 6.97. The summed E-state index contributed by atoms with van der Waals surface area (Å²) in [5, 5.41) is 20.4. The second-order valence-electron chi connectivity index (χ2n) is 6.97. The first-order valence-electron chi connectivity index (χ1n) is 8.12. The summed E-state index contributed by atoms with van der Waals surface area (Å²) in [5.74, 6) is 1.51. The minimum absolute atomic E-state index is 0.0549. The highest BCUT2D eigenvalue weighted by molar-refractivity contribution is 4.99. The van der Waals surface area contributed by atoms with E-state index in [-0.39, 0.29) is 18.1 Å². The fraction of sp³-hybridized carbons (Fsp3) is 0.882. The van der Waals surface area contributed by atoms with Gasteiger partial charge in [-0.1, -0.05) is 45.3 Å². The second kappa shape index (κ2) is 6.90. The van der Waals surface area contributed by atoms with Gasteiger partial charge in [0, 0.05) is 5.92 Å². The van der Waals surface area contributed by atoms with Crippen LogP contribution in [0.4, 0.5) is 0 Å². The Morgan fingerprint density at radius 1 is 0.842 bits per heavy atom. The summed E-state index contributed by atoms with van der Waals surface area (Å²) >= 11 is 0. The van der Waals surface area contributed by atoms with Crippen LogP contribution in [0.15, 0.2) is 12.2 Å². The molecule has 2 heteroatoms. The Morgan fingerprint density at radius 2 is 1.37 bits per heavy atom. The fourth-order valence-electron chi connectivity index (χ4n) is 3.97. The zero-order valence-corrected chi connectivity index (χ0v) is 12.5. The maximum absolute atomic E-state index is 10.2. The maximum Gasteiger partial charge on any atom is 0.0601 e. The Morgan fingerprint density at radius 3 is 1.89 bits per heavy atom. The number of hydrogen-bond donors (Lipinski definition) is 2. The van der Waals surface area contributed by atoms with Crippen LogP contribution in [0.3, 0.4) is 0 Å². The molecule has 2 N–H and O–H groups in total. The minimum Gasteiger partial charge on any atom is -0.393 e. The molecule has 2 saturated carbocycles. The smallest absolute Gasteiger partial charge is 0.0601 e. The lowest BCUT2D eigenvalue weighted by Crippen LogP contribution is -2.42. The van der Waals surface area contributed by atoms with Gasteiger partial charge in [-0.3, -0.25) is 0 Å². The van der Waals surface area contributed by atoms with Crippen molar-refractivity contribution in [2.45, 2.75) is 71.0 Å². The number of aliphatic hydroxyl groups excluding tert-OH is 2. The summed E-state index contributed by atoms with van der Waals surface area (Å²) in [6.07, 6.45) is 12.4. The Labute approximate surface area is 117 Å². The standard InChI is InChI=1S/C17H30O2/c1-12(2)17-15(18)10-14(11-16(17)19)9-8-13-6-4-3-5-7-13/h8-9,12-19H,3-7,10-11H2,1-2H3/b9-8+. The molecule has 2 nitrogen and oxygen atoms in total. The first-order chi connectivity index (χ1) is 9.08. The summed E-state index contributed by atoms with van der Waals surface area (Å²) in [6.45, 7) is 4.19. The average Bonchev–Trinajstić information content (AvgIpc) is 2.36. The highest BCUT2D eigenvalue weighted by atomic mass is 16.3. The number of allylic oxidation sites excluding steroid dienone is 2. The van der Waals surface area contributed by atoms with Crippen LogP contribution < -0.4 is 0 Å². The monoisotopic (exact) mass is 266 g/mol. The lowest BCUT2D eigenvalue weighted by molar-refractivity contribution is -0.0565. The first-order valence-corrected chi connectivity index (χ1v) is 8.12. The van der Waals surface area contributed by atoms with Gasteiger partial charge in [-0.15, -0.1) is 0 Å². The van der Waals surface area contributed by atoms with Crippen molar-refractivity contribution in [3.8, 4) is 0 Å². The number of hydrogen-bond acceptors (Lipinski definition) is 2. The lowest BCUT2D eigenvalue weighted by Gasteiger charge is -2.38. The van der Waals surface area contributed by atoms with Crippen LogP contribution in [-0.4, -0.2) is 22.4 Å². The van der Waals surface area contributed by atoms with Crippen LogP contribution >= 0.6 is 0 Å². The van der Waals surface area contributed by atoms with Crippen LogP contribution in [-0.2, 0) is 0 Å². The molecule has 0 aromatic carbocycles. The van der Waals surface area contributed by atoms with Crippen LogP contribution in [0.2, 0.25) is 0 Å². The summed E-state index contributed by atoms with van der Waals surface area (Å²) < 4.78 is 0. The predicted molar refractivity (Wildman–Crippen MR) is 78.8 cm³/mol. The Hall–Kier alpha value is -0.340. The third kappa shape index (κ3) is 4.06. The van der Waals surface area contributed by atoms with Crippen molar-refractivity contribution in [1.29, 1.82) is 0 Å². The molecule has 0 bridgehead atoms. The van der Waals surface area contributed by atoms with E-state index in [1.54, 1.807) is 0 Å². The summed E-state index contributed by atoms with van der Waals surface area (Å²) in [5.41, 5.74) is 0. The molecule has 0 heterocycles. The van der Waals surface area contributed by atoms with Crippen molar-refractivity contribution in [1.82, 2.24) is 0 Å². The number of rotatable bonds is 3. The molecular formula is C17H30O2. The molecule has 0 saturated heterocycles. The van der Waals surface area contributed by atoms with Gasteiger partial charge in [0.25, 0.3) is 0 Å². The molecule has 0 spiro atoms. The molecule has 2 rings (SSSR count). The molecule has 2 unspecified atom stereocenters. The highest BCUT2D eigenvalue weighted by Crippen LogP contribution is 2.35. The van der Waals surface area contributed by atoms with Gasteiger partial charge in [0.15, 0.2) is 0 Å². The van der Waals surface area contributed by atoms with Gasteiger partial charge >= 0.3 is 0 Å². The summed E-state index contributed by atoms with van der Waals surface area (Å²) in [4.78, 5) is 0. The van der Waals surface area contributed by atoms with Crippen molar-refractivity contribution in [2.24, 2.45) is 23.7 Å². The summed E-state index contributed by atoms with van der Waals surface area (Å²) in [7, 11) is 0. The molecule has 0 aliphatic heterocycles. The van der Waals surface area contributed by atoms with E-state index in [2.05, 4.69) is 26.0 Å². The Kier molecular flexibility index (Phi) is 5.47. The molecule has 2 fully saturated rings. The van der Waals surface area contributed by atoms with E-state index >= 15 is 0 Å². The maximum atomic E-state index is 10.2. The zero-order valence-electron chi connectivity index (χ0n) is 12.5. The Bertz CT molecular complexity index is 280. The van der Waals surface area contributed by atoms with E-state index in [1.165, 1.54) is 32.1 Å². The minimum atomic E-state index is -0.343. The molecule has 0 aromatic heterocycles. The fourth-order valence-corrected chi connectivity index (χ4v) is 3.97. The van der Waals surface area contributed by atoms with Crippen molar-refractivity contribution < 1.29 is 10.2 Å². The molecule has 0 amide bonds. The topological polar surface area (TPSA) is 40.5 Å². The van der Waals surface area contributed by atoms with Gasteiger partial charge in [0.05, 0.1) is 12.2 Å². The molecule has 19 heavy (non-hydrogen) atoms. The lowest BCUT2D eigenvalue weighted by atomic mass is 9.72. The molecule has 2 aliphatic rings. The van der Waals surface area contributed by atoms with E-state index in [9.17, 15) is 10.2 Å². The zero-order chi connectivity index (χ0) is 13.8. The van der Waals surface area contributed by atoms with E-state index < -0.39 is 0 Å². The van der Waals surface area contributed by atoms with Gasteiger partial charge < -0.3 is 10.2 Å². The predicted octanol–water partition coefficient (Wildman–Crippen LogP) is 3.53. The van der Waals surface area contributed by atoms with Crippen molar-refractivity contribution in [3.05, 3.63) is 12.2 Å². The van der Waals surface area contributed by atoms with Crippen LogP contribution in [0.5, 0.6) is 0 Å². The van der Waals surface area contributed by atoms with E-state index in [4.69, 9.17) is 0 Å². The van der Waals surface area contributed by atoms with Gasteiger partial charge in [-0.05, 0) is 43.4 Å². The third-order valence-electron chi connectivity index (χ3n) is 5.05. The Balaban J connectivity index is 1.87. The molecule has 2 atom stereocenters. The van der Waals surface area contributed by atoms with E-state index in [0.29, 0.717) is 11.8 Å². The molecular weight excluding hydrogens is 236 g/mol. The quantitative estimate of drug-likeness (QED) is 0.767. The van der Waals surface area contributed by atoms with Gasteiger partial charge in [0.2, 0.25) is 0 Å². The van der Waals surface area contributed by atoms with Crippen LogP contribution in [0.1, 0.15) is 58.8 Å². The third-order valence-corrected chi connectivity index (χ3v) is 5.05. The van der Waals surface area contributed by atoms with Crippen LogP contribution in [0, 0.1) is 23.7 Å². The first kappa shape index (κ1) is 15.1. The van der Waals surface area contributed by atoms with Crippen LogP contribution in [0.25, 0.3) is 0 Å². The van der Waals surface area contributed by atoms with Crippen molar-refractivity contribution in [3.63, 3.8) is 0 Å². The average molecular weight is 266 g/mol. The molecule has 2 aliphatic carbocycles. The van der Waals surface area contributed by atoms with Gasteiger partial charge in [0.1, 0.15) is 0 Å². The van der Waals surface area contributed by atoms with Crippen molar-refractivity contribution >= 4 is 0 Å². The largest absolute Gasteiger partial charge is 0.393 e. The number of aliphatic hydroxyl groups is 2. The normalized spacial score (nSPS) is 38.2. The highest BCUT2D eigenvalue weighted by Gasteiger charge is 2.36. The van der Waals surface area contributed by atoms with Crippen molar-refractivity contribution in [2.75, 3.05) is 0 Å². The van der Waals surface area contributed by atoms with Gasteiger partial charge in [-0.25, -0.2) is 0 Å². The van der Waals surface area contributed by atoms with E-state index in [0.717, 1.165) is 18.8 Å². The molecule has 0 aromatic rings. The van der Waals surface area contributed by atoms with Gasteiger partial charge in [-0.2, -0.15) is 0 Å². The molecule has 0 radical (unpaired) electrons. The van der Waals surface area contributed by atoms with E-state index in [1.807, 2.05) is 0 Å². The molecule has 110 valence electrons. The SMILES string of the molecule is CC(C)C1C(O)CC(/C=C/C2CCCCC2)CC1O.